The van der Waals surface area contributed by atoms with Gasteiger partial charge in [0.15, 0.2) is 0 Å². The fourth-order valence-electron chi connectivity index (χ4n) is 2.04. The van der Waals surface area contributed by atoms with Crippen molar-refractivity contribution >= 4 is 5.97 Å². The predicted molar refractivity (Wildman–Crippen MR) is 52.7 cm³/mol. The van der Waals surface area contributed by atoms with Crippen LogP contribution in [0.2, 0.25) is 0 Å². The summed E-state index contributed by atoms with van der Waals surface area (Å²) < 4.78 is 4.74. The van der Waals surface area contributed by atoms with Gasteiger partial charge in [-0.2, -0.15) is 0 Å². The highest BCUT2D eigenvalue weighted by atomic mass is 16.5. The quantitative estimate of drug-likeness (QED) is 0.681. The summed E-state index contributed by atoms with van der Waals surface area (Å²) >= 11 is 0. The third kappa shape index (κ3) is 1.30. The number of nitrogens with two attached hydrogens (primary N) is 1. The SMILES string of the molecule is COC(=O)C1CC(N)c2ccccc21. The number of ether oxygens (including phenoxy) is 1. The molecule has 0 aromatic heterocycles. The molecule has 14 heavy (non-hydrogen) atoms. The van der Waals surface area contributed by atoms with Crippen molar-refractivity contribution in [3.8, 4) is 0 Å². The fraction of sp³-hybridized carbons (Fsp3) is 0.364. The Morgan fingerprint density at radius 2 is 2.07 bits per heavy atom. The van der Waals surface area contributed by atoms with Crippen molar-refractivity contribution in [2.75, 3.05) is 7.11 Å². The van der Waals surface area contributed by atoms with Crippen molar-refractivity contribution in [2.45, 2.75) is 18.4 Å². The highest BCUT2D eigenvalue weighted by Gasteiger charge is 2.33. The van der Waals surface area contributed by atoms with Crippen molar-refractivity contribution in [3.05, 3.63) is 35.4 Å². The van der Waals surface area contributed by atoms with Crippen LogP contribution in [-0.2, 0) is 9.53 Å². The van der Waals surface area contributed by atoms with Crippen LogP contribution >= 0.6 is 0 Å². The standard InChI is InChI=1S/C11H13NO2/c1-14-11(13)9-6-10(12)8-5-3-2-4-7(8)9/h2-5,9-10H,6,12H2,1H3. The van der Waals surface area contributed by atoms with Crippen molar-refractivity contribution < 1.29 is 9.53 Å². The molecule has 0 spiro atoms. The van der Waals surface area contributed by atoms with Crippen molar-refractivity contribution in [1.82, 2.24) is 0 Å². The molecule has 3 nitrogen and oxygen atoms in total. The zero-order valence-corrected chi connectivity index (χ0v) is 8.07. The van der Waals surface area contributed by atoms with Gasteiger partial charge in [0.05, 0.1) is 13.0 Å². The topological polar surface area (TPSA) is 52.3 Å². The lowest BCUT2D eigenvalue weighted by atomic mass is 10.0. The van der Waals surface area contributed by atoms with Crippen LogP contribution in [0.1, 0.15) is 29.5 Å². The third-order valence-corrected chi connectivity index (χ3v) is 2.75. The highest BCUT2D eigenvalue weighted by Crippen LogP contribution is 2.39. The minimum absolute atomic E-state index is 0.0321. The zero-order valence-electron chi connectivity index (χ0n) is 8.07. The lowest BCUT2D eigenvalue weighted by Crippen LogP contribution is -2.12. The second kappa shape index (κ2) is 3.42. The number of methoxy groups -OCH3 is 1. The van der Waals surface area contributed by atoms with E-state index in [0.717, 1.165) is 11.1 Å². The molecule has 1 aliphatic rings. The highest BCUT2D eigenvalue weighted by molar-refractivity contribution is 5.80. The first-order valence-corrected chi connectivity index (χ1v) is 4.66. The Morgan fingerprint density at radius 1 is 1.43 bits per heavy atom. The first-order valence-electron chi connectivity index (χ1n) is 4.66. The van der Waals surface area contributed by atoms with Gasteiger partial charge in [-0.15, -0.1) is 0 Å². The normalized spacial score (nSPS) is 24.4. The second-order valence-electron chi connectivity index (χ2n) is 3.55. The third-order valence-electron chi connectivity index (χ3n) is 2.75. The van der Waals surface area contributed by atoms with Crippen molar-refractivity contribution in [3.63, 3.8) is 0 Å². The predicted octanol–water partition coefficient (Wildman–Crippen LogP) is 1.35. The van der Waals surface area contributed by atoms with Crippen LogP contribution in [0, 0.1) is 0 Å². The van der Waals surface area contributed by atoms with E-state index < -0.39 is 0 Å². The van der Waals surface area contributed by atoms with Gasteiger partial charge in [-0.05, 0) is 17.5 Å². The van der Waals surface area contributed by atoms with E-state index in [4.69, 9.17) is 10.5 Å². The van der Waals surface area contributed by atoms with Gasteiger partial charge in [-0.3, -0.25) is 4.79 Å². The number of hydrogen-bond acceptors (Lipinski definition) is 3. The van der Waals surface area contributed by atoms with Crippen molar-refractivity contribution in [1.29, 1.82) is 0 Å². The first-order chi connectivity index (χ1) is 6.74. The maximum atomic E-state index is 11.4. The lowest BCUT2D eigenvalue weighted by molar-refractivity contribution is -0.142. The summed E-state index contributed by atoms with van der Waals surface area (Å²) in [4.78, 5) is 11.4. The molecule has 0 bridgehead atoms. The van der Waals surface area contributed by atoms with Crippen LogP contribution in [0.4, 0.5) is 0 Å². The number of carbonyl (C=O) groups is 1. The Hall–Kier alpha value is -1.35. The van der Waals surface area contributed by atoms with Crippen molar-refractivity contribution in [2.24, 2.45) is 5.73 Å². The number of carbonyl (C=O) groups excluding carboxylic acids is 1. The van der Waals surface area contributed by atoms with Crippen LogP contribution in [-0.4, -0.2) is 13.1 Å². The average molecular weight is 191 g/mol. The summed E-state index contributed by atoms with van der Waals surface area (Å²) in [5.74, 6) is -0.364. The molecule has 1 aromatic carbocycles. The smallest absolute Gasteiger partial charge is 0.313 e. The van der Waals surface area contributed by atoms with E-state index in [0.29, 0.717) is 6.42 Å². The molecule has 0 fully saturated rings. The van der Waals surface area contributed by atoms with E-state index >= 15 is 0 Å². The molecular formula is C11H13NO2. The van der Waals surface area contributed by atoms with Gasteiger partial charge in [0, 0.05) is 6.04 Å². The van der Waals surface area contributed by atoms with Gasteiger partial charge in [0.2, 0.25) is 0 Å². The van der Waals surface area contributed by atoms with Gasteiger partial charge >= 0.3 is 5.97 Å². The minimum Gasteiger partial charge on any atom is -0.469 e. The molecule has 0 amide bonds. The summed E-state index contributed by atoms with van der Waals surface area (Å²) in [7, 11) is 1.41. The lowest BCUT2D eigenvalue weighted by Gasteiger charge is -2.07. The van der Waals surface area contributed by atoms with E-state index in [-0.39, 0.29) is 17.9 Å². The van der Waals surface area contributed by atoms with Crippen LogP contribution in [0.25, 0.3) is 0 Å². The van der Waals surface area contributed by atoms with E-state index in [1.54, 1.807) is 0 Å². The zero-order chi connectivity index (χ0) is 10.1. The molecule has 1 aliphatic carbocycles. The van der Waals surface area contributed by atoms with Crippen LogP contribution in [0.5, 0.6) is 0 Å². The summed E-state index contributed by atoms with van der Waals surface area (Å²) in [5, 5.41) is 0. The van der Waals surface area contributed by atoms with Crippen LogP contribution in [0.15, 0.2) is 24.3 Å². The molecule has 0 heterocycles. The maximum absolute atomic E-state index is 11.4. The molecule has 3 heteroatoms. The fourth-order valence-corrected chi connectivity index (χ4v) is 2.04. The molecule has 2 rings (SSSR count). The summed E-state index contributed by atoms with van der Waals surface area (Å²) in [5.41, 5.74) is 8.01. The number of fused-ring (bicyclic) bond motifs is 1. The molecule has 1 aromatic rings. The molecule has 0 radical (unpaired) electrons. The van der Waals surface area contributed by atoms with Crippen LogP contribution in [0.3, 0.4) is 0 Å². The van der Waals surface area contributed by atoms with E-state index in [2.05, 4.69) is 0 Å². The summed E-state index contributed by atoms with van der Waals surface area (Å²) in [6.07, 6.45) is 0.659. The molecule has 0 saturated carbocycles. The molecule has 2 atom stereocenters. The summed E-state index contributed by atoms with van der Waals surface area (Å²) in [6.45, 7) is 0. The van der Waals surface area contributed by atoms with Gasteiger partial charge in [0.25, 0.3) is 0 Å². The maximum Gasteiger partial charge on any atom is 0.313 e. The number of benzene rings is 1. The number of esters is 1. The second-order valence-corrected chi connectivity index (χ2v) is 3.55. The molecule has 0 aliphatic heterocycles. The first kappa shape index (κ1) is 9.21. The number of hydrogen-bond donors (Lipinski definition) is 1. The Bertz CT molecular complexity index is 362. The van der Waals surface area contributed by atoms with Gasteiger partial charge < -0.3 is 10.5 Å². The van der Waals surface area contributed by atoms with Gasteiger partial charge in [0.1, 0.15) is 0 Å². The molecule has 0 saturated heterocycles. The van der Waals surface area contributed by atoms with Gasteiger partial charge in [-0.1, -0.05) is 24.3 Å². The van der Waals surface area contributed by atoms with Crippen LogP contribution < -0.4 is 5.73 Å². The summed E-state index contributed by atoms with van der Waals surface area (Å²) in [6, 6.07) is 7.76. The Labute approximate surface area is 82.9 Å². The minimum atomic E-state index is -0.189. The monoisotopic (exact) mass is 191 g/mol. The molecule has 2 unspecified atom stereocenters. The van der Waals surface area contributed by atoms with E-state index in [9.17, 15) is 4.79 Å². The Kier molecular flexibility index (Phi) is 2.25. The Morgan fingerprint density at radius 3 is 2.71 bits per heavy atom. The molecule has 2 N–H and O–H groups in total. The number of rotatable bonds is 1. The molecular weight excluding hydrogens is 178 g/mol. The largest absolute Gasteiger partial charge is 0.469 e. The Balaban J connectivity index is 2.39. The van der Waals surface area contributed by atoms with E-state index in [1.807, 2.05) is 24.3 Å². The van der Waals surface area contributed by atoms with Gasteiger partial charge in [-0.25, -0.2) is 0 Å². The molecule has 74 valence electrons. The average Bonchev–Trinajstić information content (AvgIpc) is 2.56. The van der Waals surface area contributed by atoms with E-state index in [1.165, 1.54) is 7.11 Å².